The lowest BCUT2D eigenvalue weighted by molar-refractivity contribution is -0.146. The van der Waals surface area contributed by atoms with Crippen LogP contribution in [0.2, 0.25) is 0 Å². The molecule has 0 aromatic carbocycles. The summed E-state index contributed by atoms with van der Waals surface area (Å²) in [6, 6.07) is 3.41. The average molecular weight is 397 g/mol. The molecular weight excluding hydrogens is 375 g/mol. The smallest absolute Gasteiger partial charge is 0.355 e. The van der Waals surface area contributed by atoms with Crippen LogP contribution in [-0.2, 0) is 11.0 Å². The lowest BCUT2D eigenvalue weighted by Gasteiger charge is -2.37. The van der Waals surface area contributed by atoms with Crippen molar-refractivity contribution in [3.63, 3.8) is 0 Å². The Balaban J connectivity index is 1.44. The number of halogens is 3. The second kappa shape index (κ2) is 7.19. The largest absolute Gasteiger partial charge is 0.453 e. The van der Waals surface area contributed by atoms with Crippen LogP contribution in [0.4, 0.5) is 19.0 Å². The van der Waals surface area contributed by atoms with Gasteiger partial charge in [0.2, 0.25) is 5.91 Å². The molecule has 11 heteroatoms. The van der Waals surface area contributed by atoms with Crippen molar-refractivity contribution in [1.82, 2.24) is 30.0 Å². The Hall–Kier alpha value is -2.43. The quantitative estimate of drug-likeness (QED) is 0.820. The number of fused-ring (bicyclic) bond motifs is 1. The van der Waals surface area contributed by atoms with Crippen LogP contribution in [0, 0.1) is 5.92 Å². The molecule has 1 atom stereocenters. The summed E-state index contributed by atoms with van der Waals surface area (Å²) in [4.78, 5) is 16.6. The molecule has 2 saturated heterocycles. The fraction of sp³-hybridized carbons (Fsp3) is 0.647. The van der Waals surface area contributed by atoms with Crippen molar-refractivity contribution in [3.05, 3.63) is 18.0 Å². The summed E-state index contributed by atoms with van der Waals surface area (Å²) < 4.78 is 39.9. The predicted molar refractivity (Wildman–Crippen MR) is 94.8 cm³/mol. The van der Waals surface area contributed by atoms with E-state index in [2.05, 4.69) is 27.5 Å². The van der Waals surface area contributed by atoms with Gasteiger partial charge in [0.25, 0.3) is 5.82 Å². The zero-order chi connectivity index (χ0) is 19.9. The molecule has 152 valence electrons. The molecule has 0 saturated carbocycles. The summed E-state index contributed by atoms with van der Waals surface area (Å²) in [6.45, 7) is 5.43. The van der Waals surface area contributed by atoms with E-state index in [1.165, 1.54) is 6.07 Å². The van der Waals surface area contributed by atoms with E-state index in [1.807, 2.05) is 9.80 Å². The summed E-state index contributed by atoms with van der Waals surface area (Å²) in [7, 11) is 0. The second-order valence-corrected chi connectivity index (χ2v) is 7.38. The lowest BCUT2D eigenvalue weighted by Crippen LogP contribution is -2.53. The van der Waals surface area contributed by atoms with Crippen molar-refractivity contribution < 1.29 is 18.0 Å². The molecule has 2 aliphatic heterocycles. The van der Waals surface area contributed by atoms with Gasteiger partial charge in [0.15, 0.2) is 5.65 Å². The Kier molecular flexibility index (Phi) is 4.86. The van der Waals surface area contributed by atoms with E-state index < -0.39 is 12.0 Å². The molecule has 2 fully saturated rings. The number of nitrogens with zero attached hydrogens (tertiary/aromatic N) is 6. The van der Waals surface area contributed by atoms with Crippen LogP contribution in [0.15, 0.2) is 12.1 Å². The molecular formula is C17H22F3N7O. The number of hydrogen-bond acceptors (Lipinski definition) is 6. The maximum atomic E-state index is 13.0. The van der Waals surface area contributed by atoms with E-state index in [9.17, 15) is 18.0 Å². The Morgan fingerprint density at radius 3 is 2.61 bits per heavy atom. The third kappa shape index (κ3) is 3.62. The lowest BCUT2D eigenvalue weighted by atomic mass is 9.94. The minimum absolute atomic E-state index is 0.0500. The van der Waals surface area contributed by atoms with Gasteiger partial charge in [-0.2, -0.15) is 17.7 Å². The van der Waals surface area contributed by atoms with E-state index in [0.29, 0.717) is 44.3 Å². The molecule has 0 bridgehead atoms. The number of hydrogen-bond donors (Lipinski definition) is 1. The first-order valence-electron chi connectivity index (χ1n) is 9.39. The third-order valence-corrected chi connectivity index (χ3v) is 5.35. The number of rotatable bonds is 2. The molecule has 2 aliphatic rings. The van der Waals surface area contributed by atoms with Crippen molar-refractivity contribution >= 4 is 17.4 Å². The van der Waals surface area contributed by atoms with Crippen LogP contribution in [0.1, 0.15) is 25.6 Å². The number of aromatic nitrogens is 4. The number of anilines is 1. The van der Waals surface area contributed by atoms with Crippen LogP contribution in [0.25, 0.3) is 5.65 Å². The Morgan fingerprint density at radius 2 is 1.93 bits per heavy atom. The highest BCUT2D eigenvalue weighted by Gasteiger charge is 2.38. The molecule has 0 unspecified atom stereocenters. The van der Waals surface area contributed by atoms with Gasteiger partial charge >= 0.3 is 6.18 Å². The second-order valence-electron chi connectivity index (χ2n) is 7.38. The highest BCUT2D eigenvalue weighted by atomic mass is 19.4. The van der Waals surface area contributed by atoms with Crippen molar-refractivity contribution in [2.45, 2.75) is 32.0 Å². The van der Waals surface area contributed by atoms with Crippen LogP contribution in [0.5, 0.6) is 0 Å². The first-order valence-corrected chi connectivity index (χ1v) is 9.39. The van der Waals surface area contributed by atoms with E-state index in [0.717, 1.165) is 17.6 Å². The highest BCUT2D eigenvalue weighted by Crippen LogP contribution is 2.29. The normalized spacial score (nSPS) is 22.1. The first-order chi connectivity index (χ1) is 13.3. The predicted octanol–water partition coefficient (Wildman–Crippen LogP) is 1.18. The van der Waals surface area contributed by atoms with Gasteiger partial charge in [-0.3, -0.25) is 4.79 Å². The van der Waals surface area contributed by atoms with Crippen LogP contribution < -0.4 is 10.2 Å². The molecule has 4 rings (SSSR count). The minimum atomic E-state index is -4.62. The van der Waals surface area contributed by atoms with Crippen molar-refractivity contribution in [2.24, 2.45) is 5.92 Å². The van der Waals surface area contributed by atoms with Crippen molar-refractivity contribution in [1.29, 1.82) is 0 Å². The number of carbonyl (C=O) groups is 1. The van der Waals surface area contributed by atoms with Gasteiger partial charge in [-0.1, -0.05) is 0 Å². The van der Waals surface area contributed by atoms with Crippen LogP contribution >= 0.6 is 0 Å². The van der Waals surface area contributed by atoms with Crippen molar-refractivity contribution in [3.8, 4) is 0 Å². The monoisotopic (exact) mass is 397 g/mol. The van der Waals surface area contributed by atoms with Gasteiger partial charge in [0.05, 0.1) is 0 Å². The summed E-state index contributed by atoms with van der Waals surface area (Å²) in [5, 5.41) is 14.1. The van der Waals surface area contributed by atoms with E-state index >= 15 is 0 Å². The zero-order valence-corrected chi connectivity index (χ0v) is 15.5. The van der Waals surface area contributed by atoms with Gasteiger partial charge in [0.1, 0.15) is 5.82 Å². The minimum Gasteiger partial charge on any atom is -0.355 e. The molecule has 8 nitrogen and oxygen atoms in total. The Morgan fingerprint density at radius 1 is 1.18 bits per heavy atom. The number of nitrogens with one attached hydrogen (secondary N) is 1. The molecule has 2 aromatic heterocycles. The molecule has 1 amide bonds. The Labute approximate surface area is 159 Å². The molecule has 2 aromatic rings. The van der Waals surface area contributed by atoms with Crippen LogP contribution in [-0.4, -0.2) is 69.4 Å². The molecule has 4 heterocycles. The summed E-state index contributed by atoms with van der Waals surface area (Å²) >= 11 is 0. The van der Waals surface area contributed by atoms with Gasteiger partial charge in [-0.05, 0) is 31.9 Å². The summed E-state index contributed by atoms with van der Waals surface area (Å²) in [5.41, 5.74) is 0.0500. The maximum absolute atomic E-state index is 13.0. The molecule has 0 radical (unpaired) electrons. The van der Waals surface area contributed by atoms with Gasteiger partial charge < -0.3 is 15.1 Å². The molecule has 0 aliphatic carbocycles. The topological polar surface area (TPSA) is 78.7 Å². The van der Waals surface area contributed by atoms with Gasteiger partial charge in [0, 0.05) is 44.7 Å². The Bertz CT molecular complexity index is 860. The van der Waals surface area contributed by atoms with E-state index in [-0.39, 0.29) is 17.5 Å². The summed E-state index contributed by atoms with van der Waals surface area (Å²) in [5.74, 6) is -0.581. The van der Waals surface area contributed by atoms with Gasteiger partial charge in [-0.15, -0.1) is 15.3 Å². The van der Waals surface area contributed by atoms with Crippen LogP contribution in [0.3, 0.4) is 0 Å². The zero-order valence-electron chi connectivity index (χ0n) is 15.5. The highest BCUT2D eigenvalue weighted by molar-refractivity contribution is 5.79. The summed E-state index contributed by atoms with van der Waals surface area (Å²) in [6.07, 6.45) is -3.30. The molecule has 0 spiro atoms. The molecule has 1 N–H and O–H groups in total. The number of alkyl halides is 3. The fourth-order valence-corrected chi connectivity index (χ4v) is 3.87. The number of amides is 1. The van der Waals surface area contributed by atoms with E-state index in [4.69, 9.17) is 0 Å². The standard InChI is InChI=1S/C17H22F3N7O/c1-11-10-26(9-6-21-11)15(28)12-4-7-25(8-5-12)14-3-2-13-22-23-16(17(18,19)20)27(13)24-14/h2-3,11-12,21H,4-10H2,1H3/t11-/m1/s1. The SMILES string of the molecule is C[C@@H]1CN(C(=O)C2CCN(c3ccc4nnc(C(F)(F)F)n4n3)CC2)CCN1. The average Bonchev–Trinajstić information content (AvgIpc) is 3.11. The number of piperazine rings is 1. The van der Waals surface area contributed by atoms with Gasteiger partial charge in [-0.25, -0.2) is 0 Å². The fourth-order valence-electron chi connectivity index (χ4n) is 3.87. The number of piperidine rings is 1. The van der Waals surface area contributed by atoms with Crippen molar-refractivity contribution in [2.75, 3.05) is 37.6 Å². The van der Waals surface area contributed by atoms with E-state index in [1.54, 1.807) is 6.07 Å². The third-order valence-electron chi connectivity index (χ3n) is 5.35. The number of carbonyl (C=O) groups excluding carboxylic acids is 1. The first kappa shape index (κ1) is 18.9. The molecule has 28 heavy (non-hydrogen) atoms. The maximum Gasteiger partial charge on any atom is 0.453 e.